The van der Waals surface area contributed by atoms with Crippen LogP contribution in [0.15, 0.2) is 66.7 Å². The van der Waals surface area contributed by atoms with E-state index in [1.54, 1.807) is 18.2 Å². The van der Waals surface area contributed by atoms with E-state index in [-0.39, 0.29) is 19.1 Å². The minimum absolute atomic E-state index is 0.00970. The van der Waals surface area contributed by atoms with Gasteiger partial charge in [-0.2, -0.15) is 5.10 Å². The summed E-state index contributed by atoms with van der Waals surface area (Å²) in [6, 6.07) is 21.4. The van der Waals surface area contributed by atoms with Crippen molar-refractivity contribution in [3.05, 3.63) is 89.1 Å². The van der Waals surface area contributed by atoms with Crippen molar-refractivity contribution in [1.29, 1.82) is 0 Å². The first-order chi connectivity index (χ1) is 16.7. The zero-order valence-electron chi connectivity index (χ0n) is 18.4. The molecule has 5 rings (SSSR count). The molecular formula is C27H21N3O4. The highest BCUT2D eigenvalue weighted by Gasteiger charge is 2.28. The van der Waals surface area contributed by atoms with Crippen LogP contribution in [-0.4, -0.2) is 42.5 Å². The van der Waals surface area contributed by atoms with Crippen LogP contribution in [0.1, 0.15) is 33.1 Å². The van der Waals surface area contributed by atoms with Crippen molar-refractivity contribution < 1.29 is 19.1 Å². The maximum atomic E-state index is 12.3. The van der Waals surface area contributed by atoms with Gasteiger partial charge in [-0.1, -0.05) is 54.5 Å². The highest BCUT2D eigenvalue weighted by atomic mass is 16.5. The number of carbonyl (C=O) groups excluding carboxylic acids is 2. The van der Waals surface area contributed by atoms with Gasteiger partial charge < -0.3 is 14.8 Å². The maximum Gasteiger partial charge on any atom is 0.407 e. The van der Waals surface area contributed by atoms with Gasteiger partial charge in [0.05, 0.1) is 24.7 Å². The van der Waals surface area contributed by atoms with Crippen LogP contribution < -0.4 is 5.32 Å². The Kier molecular flexibility index (Phi) is 5.71. The number of aromatic nitrogens is 2. The number of ether oxygens (including phenoxy) is 2. The standard InChI is InChI=1S/C27H21N3O4/c1-33-26(31)17-12-13-22-24(29-30-25(22)15-17)11-6-14-28-27(32)34-16-23-20-9-4-2-7-18(20)19-8-3-5-10-21(19)23/h2-5,7-10,12-13,15,23H,14,16H2,1H3,(H,28,32)(H,29,30). The zero-order chi connectivity index (χ0) is 23.5. The lowest BCUT2D eigenvalue weighted by Crippen LogP contribution is -2.26. The van der Waals surface area contributed by atoms with E-state index in [1.807, 2.05) is 24.3 Å². The summed E-state index contributed by atoms with van der Waals surface area (Å²) in [5, 5.41) is 10.5. The molecule has 34 heavy (non-hydrogen) atoms. The number of H-pyrrole nitrogens is 1. The molecule has 168 valence electrons. The molecule has 7 heteroatoms. The average Bonchev–Trinajstić information content (AvgIpc) is 3.43. The first kappa shape index (κ1) is 21.3. The van der Waals surface area contributed by atoms with E-state index in [2.05, 4.69) is 51.6 Å². The molecule has 1 amide bonds. The highest BCUT2D eigenvalue weighted by molar-refractivity contribution is 5.95. The zero-order valence-corrected chi connectivity index (χ0v) is 18.4. The Balaban J connectivity index is 1.19. The number of esters is 1. The summed E-state index contributed by atoms with van der Waals surface area (Å²) in [7, 11) is 1.33. The number of carbonyl (C=O) groups is 2. The second kappa shape index (κ2) is 9.12. The van der Waals surface area contributed by atoms with Gasteiger partial charge in [-0.15, -0.1) is 0 Å². The van der Waals surface area contributed by atoms with Gasteiger partial charge in [0.15, 0.2) is 0 Å². The number of amides is 1. The molecule has 0 atom stereocenters. The molecule has 0 aliphatic heterocycles. The number of benzene rings is 3. The van der Waals surface area contributed by atoms with Gasteiger partial charge >= 0.3 is 12.1 Å². The van der Waals surface area contributed by atoms with Gasteiger partial charge in [0.2, 0.25) is 0 Å². The highest BCUT2D eigenvalue weighted by Crippen LogP contribution is 2.44. The summed E-state index contributed by atoms with van der Waals surface area (Å²) in [6.07, 6.45) is -0.520. The van der Waals surface area contributed by atoms with E-state index in [1.165, 1.54) is 18.2 Å². The molecular weight excluding hydrogens is 430 g/mol. The molecule has 0 radical (unpaired) electrons. The lowest BCUT2D eigenvalue weighted by atomic mass is 9.98. The number of hydrogen-bond acceptors (Lipinski definition) is 5. The molecule has 0 saturated carbocycles. The smallest absolute Gasteiger partial charge is 0.407 e. The number of methoxy groups -OCH3 is 1. The molecule has 3 aromatic carbocycles. The van der Waals surface area contributed by atoms with Crippen LogP contribution in [-0.2, 0) is 9.47 Å². The maximum absolute atomic E-state index is 12.3. The number of nitrogens with zero attached hydrogens (tertiary/aromatic N) is 1. The molecule has 0 spiro atoms. The normalized spacial score (nSPS) is 11.8. The van der Waals surface area contributed by atoms with E-state index < -0.39 is 12.1 Å². The molecule has 0 bridgehead atoms. The summed E-state index contributed by atoms with van der Waals surface area (Å²) >= 11 is 0. The Morgan fingerprint density at radius 3 is 2.44 bits per heavy atom. The first-order valence-electron chi connectivity index (χ1n) is 10.8. The van der Waals surface area contributed by atoms with Crippen LogP contribution in [0.3, 0.4) is 0 Å². The summed E-state index contributed by atoms with van der Waals surface area (Å²) < 4.78 is 10.2. The van der Waals surface area contributed by atoms with Gasteiger partial charge in [-0.25, -0.2) is 9.59 Å². The third-order valence-electron chi connectivity index (χ3n) is 5.85. The summed E-state index contributed by atoms with van der Waals surface area (Å²) in [5.41, 5.74) is 6.32. The second-order valence-corrected chi connectivity index (χ2v) is 7.80. The molecule has 1 heterocycles. The second-order valence-electron chi connectivity index (χ2n) is 7.80. The molecule has 0 saturated heterocycles. The Morgan fingerprint density at radius 1 is 1.03 bits per heavy atom. The average molecular weight is 451 g/mol. The number of hydrogen-bond donors (Lipinski definition) is 2. The van der Waals surface area contributed by atoms with Crippen LogP contribution in [0.4, 0.5) is 4.79 Å². The van der Waals surface area contributed by atoms with Crippen molar-refractivity contribution in [2.24, 2.45) is 0 Å². The van der Waals surface area contributed by atoms with E-state index >= 15 is 0 Å². The fourth-order valence-corrected chi connectivity index (χ4v) is 4.25. The Bertz CT molecular complexity index is 1420. The van der Waals surface area contributed by atoms with E-state index in [4.69, 9.17) is 9.47 Å². The van der Waals surface area contributed by atoms with Crippen LogP contribution in [0, 0.1) is 11.8 Å². The van der Waals surface area contributed by atoms with Crippen molar-refractivity contribution >= 4 is 23.0 Å². The summed E-state index contributed by atoms with van der Waals surface area (Å²) in [5.74, 6) is 5.43. The topological polar surface area (TPSA) is 93.3 Å². The number of alkyl carbamates (subject to hydrolysis) is 1. The molecule has 4 aromatic rings. The lowest BCUT2D eigenvalue weighted by Gasteiger charge is -2.14. The van der Waals surface area contributed by atoms with Gasteiger partial charge in [0.25, 0.3) is 0 Å². The van der Waals surface area contributed by atoms with Crippen molar-refractivity contribution in [3.8, 4) is 23.0 Å². The molecule has 0 unspecified atom stereocenters. The fraction of sp³-hybridized carbons (Fsp3) is 0.148. The predicted octanol–water partition coefficient (Wildman–Crippen LogP) is 4.24. The largest absolute Gasteiger partial charge is 0.465 e. The number of rotatable bonds is 4. The van der Waals surface area contributed by atoms with Gasteiger partial charge in [-0.3, -0.25) is 5.10 Å². The van der Waals surface area contributed by atoms with Crippen molar-refractivity contribution in [3.63, 3.8) is 0 Å². The van der Waals surface area contributed by atoms with Crippen LogP contribution in [0.2, 0.25) is 0 Å². The molecule has 7 nitrogen and oxygen atoms in total. The number of nitrogens with one attached hydrogen (secondary N) is 2. The third kappa shape index (κ3) is 3.97. The Morgan fingerprint density at radius 2 is 1.74 bits per heavy atom. The van der Waals surface area contributed by atoms with Crippen LogP contribution >= 0.6 is 0 Å². The van der Waals surface area contributed by atoms with Crippen molar-refractivity contribution in [2.45, 2.75) is 5.92 Å². The molecule has 1 aliphatic carbocycles. The van der Waals surface area contributed by atoms with Crippen molar-refractivity contribution in [2.75, 3.05) is 20.3 Å². The number of aromatic amines is 1. The van der Waals surface area contributed by atoms with Gasteiger partial charge in [-0.05, 0) is 46.4 Å². The third-order valence-corrected chi connectivity index (χ3v) is 5.85. The molecule has 1 aliphatic rings. The fourth-order valence-electron chi connectivity index (χ4n) is 4.25. The van der Waals surface area contributed by atoms with Gasteiger partial charge in [0, 0.05) is 11.3 Å². The van der Waals surface area contributed by atoms with Crippen molar-refractivity contribution in [1.82, 2.24) is 15.5 Å². The Labute approximate surface area is 196 Å². The predicted molar refractivity (Wildman–Crippen MR) is 127 cm³/mol. The minimum Gasteiger partial charge on any atom is -0.465 e. The molecule has 0 fully saturated rings. The molecule has 2 N–H and O–H groups in total. The van der Waals surface area contributed by atoms with Crippen LogP contribution in [0.25, 0.3) is 22.0 Å². The monoisotopic (exact) mass is 451 g/mol. The molecule has 1 aromatic heterocycles. The quantitative estimate of drug-likeness (QED) is 0.358. The Hall–Kier alpha value is -4.57. The minimum atomic E-state index is -0.520. The lowest BCUT2D eigenvalue weighted by molar-refractivity contribution is 0.0601. The SMILES string of the molecule is COC(=O)c1ccc2c(C#CCNC(=O)OCC3c4ccccc4-c4ccccc43)[nH]nc2c1. The first-order valence-corrected chi connectivity index (χ1v) is 10.8. The summed E-state index contributed by atoms with van der Waals surface area (Å²) in [4.78, 5) is 23.9. The number of fused-ring (bicyclic) bond motifs is 4. The van der Waals surface area contributed by atoms with E-state index in [0.717, 1.165) is 16.5 Å². The van der Waals surface area contributed by atoms with Crippen LogP contribution in [0.5, 0.6) is 0 Å². The summed E-state index contributed by atoms with van der Waals surface area (Å²) in [6.45, 7) is 0.373. The van der Waals surface area contributed by atoms with E-state index in [9.17, 15) is 9.59 Å². The van der Waals surface area contributed by atoms with E-state index in [0.29, 0.717) is 16.8 Å². The van der Waals surface area contributed by atoms with Gasteiger partial charge in [0.1, 0.15) is 12.3 Å².